The summed E-state index contributed by atoms with van der Waals surface area (Å²) in [6.45, 7) is 7.75. The molecule has 0 aliphatic carbocycles. The molecule has 72 valence electrons. The maximum atomic E-state index is 7.00. The van der Waals surface area contributed by atoms with Crippen molar-refractivity contribution >= 4 is 0 Å². The van der Waals surface area contributed by atoms with Crippen molar-refractivity contribution in [2.24, 2.45) is 5.92 Å². The second-order valence-corrected chi connectivity index (χ2v) is 1.39. The van der Waals surface area contributed by atoms with Crippen LogP contribution >= 0.6 is 0 Å². The van der Waals surface area contributed by atoms with Crippen molar-refractivity contribution in [3.63, 3.8) is 0 Å². The van der Waals surface area contributed by atoms with E-state index in [9.17, 15) is 0 Å². The number of aliphatic hydroxyl groups is 3. The average Bonchev–Trinajstić information content (AvgIpc) is 1.98. The fourth-order valence-electron chi connectivity index (χ4n) is 0. The summed E-state index contributed by atoms with van der Waals surface area (Å²) in [5, 5.41) is 21.0. The van der Waals surface area contributed by atoms with Gasteiger partial charge in [-0.15, -0.1) is 0 Å². The van der Waals surface area contributed by atoms with Crippen LogP contribution in [0.3, 0.4) is 0 Å². The average molecular weight is 244 g/mol. The minimum absolute atomic E-state index is 0. The largest absolute Gasteiger partial charge is 0.400 e. The molecule has 3 nitrogen and oxygen atoms in total. The van der Waals surface area contributed by atoms with Gasteiger partial charge in [0.05, 0.1) is 0 Å². The molecule has 0 saturated heterocycles. The molecule has 0 fully saturated rings. The van der Waals surface area contributed by atoms with E-state index in [1.54, 1.807) is 0 Å². The maximum absolute atomic E-state index is 7.00. The van der Waals surface area contributed by atoms with Gasteiger partial charge in [0.1, 0.15) is 0 Å². The van der Waals surface area contributed by atoms with E-state index in [1.807, 2.05) is 0 Å². The molecule has 0 aliphatic heterocycles. The maximum Gasteiger partial charge on any atom is 0.0319 e. The van der Waals surface area contributed by atoms with Gasteiger partial charge in [0.25, 0.3) is 0 Å². The Morgan fingerprint density at radius 3 is 0.818 bits per heavy atom. The Balaban J connectivity index is -0.0000000152. The van der Waals surface area contributed by atoms with Crippen molar-refractivity contribution in [3.05, 3.63) is 6.92 Å². The molecular formula is C7H21O3Zr-. The predicted octanol–water partition coefficient (Wildman–Crippen LogP) is 0.299. The first-order valence-electron chi connectivity index (χ1n) is 2.90. The molecule has 0 aromatic rings. The van der Waals surface area contributed by atoms with E-state index in [2.05, 4.69) is 20.8 Å². The van der Waals surface area contributed by atoms with Crippen LogP contribution in [0, 0.1) is 12.8 Å². The summed E-state index contributed by atoms with van der Waals surface area (Å²) >= 11 is 0. The van der Waals surface area contributed by atoms with Crippen LogP contribution in [0.4, 0.5) is 0 Å². The topological polar surface area (TPSA) is 60.7 Å². The summed E-state index contributed by atoms with van der Waals surface area (Å²) in [5.74, 6) is 0.583. The van der Waals surface area contributed by atoms with Crippen molar-refractivity contribution in [1.82, 2.24) is 0 Å². The Labute approximate surface area is 89.6 Å². The first-order chi connectivity index (χ1) is 4.73. The molecule has 0 amide bonds. The zero-order chi connectivity index (χ0) is 9.58. The third-order valence-electron chi connectivity index (χ3n) is 0. The monoisotopic (exact) mass is 243 g/mol. The van der Waals surface area contributed by atoms with Gasteiger partial charge in [0, 0.05) is 47.5 Å². The van der Waals surface area contributed by atoms with Crippen LogP contribution in [0.2, 0.25) is 0 Å². The smallest absolute Gasteiger partial charge is 0.0319 e. The summed E-state index contributed by atoms with van der Waals surface area (Å²) in [6, 6.07) is 0. The fraction of sp³-hybridized carbons (Fsp3) is 0.857. The van der Waals surface area contributed by atoms with E-state index in [4.69, 9.17) is 15.3 Å². The number of aliphatic hydroxyl groups excluding tert-OH is 3. The van der Waals surface area contributed by atoms with Gasteiger partial charge >= 0.3 is 0 Å². The summed E-state index contributed by atoms with van der Waals surface area (Å²) in [5.41, 5.74) is 0. The molecule has 0 heterocycles. The Morgan fingerprint density at radius 1 is 0.818 bits per heavy atom. The van der Waals surface area contributed by atoms with Crippen molar-refractivity contribution in [3.8, 4) is 0 Å². The fourth-order valence-corrected chi connectivity index (χ4v) is 0. The summed E-state index contributed by atoms with van der Waals surface area (Å²) in [4.78, 5) is 0. The molecule has 0 bridgehead atoms. The molecule has 0 unspecified atom stereocenters. The molecule has 0 aromatic heterocycles. The van der Waals surface area contributed by atoms with Gasteiger partial charge in [-0.25, -0.2) is 0 Å². The van der Waals surface area contributed by atoms with Crippen LogP contribution in [0.5, 0.6) is 0 Å². The molecule has 0 radical (unpaired) electrons. The molecule has 0 spiro atoms. The van der Waals surface area contributed by atoms with E-state index in [1.165, 1.54) is 0 Å². The summed E-state index contributed by atoms with van der Waals surface area (Å²) in [6.07, 6.45) is 0. The van der Waals surface area contributed by atoms with Crippen LogP contribution in [-0.4, -0.2) is 36.6 Å². The van der Waals surface area contributed by atoms with Gasteiger partial charge in [0.2, 0.25) is 0 Å². The van der Waals surface area contributed by atoms with Crippen LogP contribution < -0.4 is 0 Å². The van der Waals surface area contributed by atoms with Gasteiger partial charge in [-0.2, -0.15) is 5.92 Å². The minimum atomic E-state index is 0. The van der Waals surface area contributed by atoms with E-state index >= 15 is 0 Å². The van der Waals surface area contributed by atoms with Crippen LogP contribution in [0.15, 0.2) is 0 Å². The molecule has 3 N–H and O–H groups in total. The van der Waals surface area contributed by atoms with E-state index in [0.717, 1.165) is 21.3 Å². The Bertz CT molecular complexity index is 18.4. The second-order valence-electron chi connectivity index (χ2n) is 1.39. The molecule has 0 saturated carbocycles. The number of hydrogen-bond acceptors (Lipinski definition) is 3. The normalized spacial score (nSPS) is 4.91. The SMILES string of the molecule is CO.CO.CO.[CH2-]C(C)C.[Zr]. The predicted molar refractivity (Wildman–Crippen MR) is 44.6 cm³/mol. The number of rotatable bonds is 0. The van der Waals surface area contributed by atoms with Gasteiger partial charge in [-0.1, -0.05) is 13.8 Å². The molecular weight excluding hydrogens is 223 g/mol. The van der Waals surface area contributed by atoms with E-state index in [-0.39, 0.29) is 26.2 Å². The van der Waals surface area contributed by atoms with E-state index in [0.29, 0.717) is 5.92 Å². The Morgan fingerprint density at radius 2 is 0.818 bits per heavy atom. The minimum Gasteiger partial charge on any atom is -0.400 e. The van der Waals surface area contributed by atoms with Gasteiger partial charge in [-0.3, -0.25) is 0 Å². The first-order valence-corrected chi connectivity index (χ1v) is 2.90. The zero-order valence-electron chi connectivity index (χ0n) is 8.13. The van der Waals surface area contributed by atoms with E-state index < -0.39 is 0 Å². The van der Waals surface area contributed by atoms with Gasteiger partial charge in [-0.05, 0) is 0 Å². The molecule has 11 heavy (non-hydrogen) atoms. The van der Waals surface area contributed by atoms with Crippen LogP contribution in [0.25, 0.3) is 0 Å². The molecule has 4 heteroatoms. The quantitative estimate of drug-likeness (QED) is 0.537. The standard InChI is InChI=1S/C4H9.3CH4O.Zr/c1-4(2)3;3*1-2;/h4H,1H2,2-3H3;3*2H,1H3;/q-1;;;;. The second kappa shape index (κ2) is 72.4. The molecule has 0 atom stereocenters. The molecule has 0 rings (SSSR count). The van der Waals surface area contributed by atoms with Crippen molar-refractivity contribution in [2.75, 3.05) is 21.3 Å². The third-order valence-corrected chi connectivity index (χ3v) is 0. The van der Waals surface area contributed by atoms with Crippen molar-refractivity contribution in [1.29, 1.82) is 0 Å². The van der Waals surface area contributed by atoms with Crippen molar-refractivity contribution in [2.45, 2.75) is 13.8 Å². The molecule has 0 aliphatic rings. The zero-order valence-corrected chi connectivity index (χ0v) is 10.6. The summed E-state index contributed by atoms with van der Waals surface area (Å²) < 4.78 is 0. The molecule has 0 aromatic carbocycles. The Kier molecular flexibility index (Phi) is 196. The van der Waals surface area contributed by atoms with Crippen LogP contribution in [0.1, 0.15) is 13.8 Å². The number of hydrogen-bond donors (Lipinski definition) is 3. The van der Waals surface area contributed by atoms with Crippen molar-refractivity contribution < 1.29 is 41.5 Å². The van der Waals surface area contributed by atoms with Gasteiger partial charge in [0.15, 0.2) is 0 Å². The Hall–Kier alpha value is 0.763. The van der Waals surface area contributed by atoms with Gasteiger partial charge < -0.3 is 22.2 Å². The van der Waals surface area contributed by atoms with Crippen LogP contribution in [-0.2, 0) is 26.2 Å². The summed E-state index contributed by atoms with van der Waals surface area (Å²) in [7, 11) is 3.00. The first kappa shape index (κ1) is 29.8. The third kappa shape index (κ3) is 1420.